The van der Waals surface area contributed by atoms with Crippen LogP contribution >= 0.6 is 0 Å². The fraction of sp³-hybridized carbons (Fsp3) is 0.250. The summed E-state index contributed by atoms with van der Waals surface area (Å²) in [6, 6.07) is 7.01. The predicted octanol–water partition coefficient (Wildman–Crippen LogP) is 4.69. The summed E-state index contributed by atoms with van der Waals surface area (Å²) < 4.78 is 77.0. The van der Waals surface area contributed by atoms with Crippen molar-refractivity contribution in [1.82, 2.24) is 19.4 Å². The van der Waals surface area contributed by atoms with E-state index in [4.69, 9.17) is 4.74 Å². The van der Waals surface area contributed by atoms with Gasteiger partial charge in [0.2, 0.25) is 5.88 Å². The van der Waals surface area contributed by atoms with Gasteiger partial charge in [-0.05, 0) is 37.6 Å². The van der Waals surface area contributed by atoms with Gasteiger partial charge in [0, 0.05) is 23.4 Å². The lowest BCUT2D eigenvalue weighted by Gasteiger charge is -2.11. The molecule has 0 radical (unpaired) electrons. The molecular weight excluding hydrogens is 503 g/mol. The van der Waals surface area contributed by atoms with Crippen molar-refractivity contribution in [3.8, 4) is 17.0 Å². The number of carbonyl (C=O) groups excluding carboxylic acids is 2. The molecular formula is C24H19F5N4O4. The molecule has 1 aromatic carbocycles. The van der Waals surface area contributed by atoms with Crippen molar-refractivity contribution < 1.29 is 41.0 Å². The van der Waals surface area contributed by atoms with Gasteiger partial charge in [0.05, 0.1) is 35.9 Å². The van der Waals surface area contributed by atoms with Gasteiger partial charge < -0.3 is 9.47 Å². The molecule has 37 heavy (non-hydrogen) atoms. The van der Waals surface area contributed by atoms with Gasteiger partial charge in [-0.1, -0.05) is 6.07 Å². The van der Waals surface area contributed by atoms with Gasteiger partial charge in [0.15, 0.2) is 0 Å². The second-order valence-corrected chi connectivity index (χ2v) is 8.12. The molecule has 0 aliphatic heterocycles. The molecule has 4 rings (SSSR count). The number of benzene rings is 1. The monoisotopic (exact) mass is 522 g/mol. The highest BCUT2D eigenvalue weighted by Gasteiger charge is 2.42. The van der Waals surface area contributed by atoms with E-state index >= 15 is 0 Å². The minimum absolute atomic E-state index is 0.135. The number of pyridine rings is 1. The zero-order valence-corrected chi connectivity index (χ0v) is 19.5. The molecule has 0 saturated carbocycles. The lowest BCUT2D eigenvalue weighted by molar-refractivity contribution is -0.201. The molecule has 0 atom stereocenters. The summed E-state index contributed by atoms with van der Waals surface area (Å²) in [5, 5.41) is 8.59. The van der Waals surface area contributed by atoms with Gasteiger partial charge in [0.25, 0.3) is 0 Å². The number of hydrogen-bond donors (Lipinski definition) is 0. The largest absolute Gasteiger partial charge is 0.491 e. The first-order valence-corrected chi connectivity index (χ1v) is 10.8. The number of aromatic nitrogens is 4. The smallest absolute Gasteiger partial charge is 0.473 e. The highest BCUT2D eigenvalue weighted by atomic mass is 19.4. The van der Waals surface area contributed by atoms with E-state index in [1.165, 1.54) is 21.5 Å². The van der Waals surface area contributed by atoms with Crippen molar-refractivity contribution in [2.24, 2.45) is 0 Å². The second kappa shape index (κ2) is 9.99. The first-order chi connectivity index (χ1) is 17.4. The number of halogens is 5. The van der Waals surface area contributed by atoms with Gasteiger partial charge in [0.1, 0.15) is 18.2 Å². The van der Waals surface area contributed by atoms with Crippen LogP contribution in [0.4, 0.5) is 22.0 Å². The normalized spacial score (nSPS) is 11.6. The van der Waals surface area contributed by atoms with E-state index in [2.05, 4.69) is 14.9 Å². The SMILES string of the molecule is Cc1cc(OCc2c(F)cccc2F)n2nc(C)c(-c3cnn(CCC(=O)OC(=O)C(F)(F)F)c3)c2c1. The van der Waals surface area contributed by atoms with Crippen LogP contribution in [0.1, 0.15) is 23.2 Å². The maximum Gasteiger partial charge on any atom is 0.491 e. The number of aryl methyl sites for hydroxylation is 3. The Bertz CT molecular complexity index is 1470. The van der Waals surface area contributed by atoms with E-state index in [0.717, 1.165) is 17.7 Å². The van der Waals surface area contributed by atoms with Crippen molar-refractivity contribution in [1.29, 1.82) is 0 Å². The minimum Gasteiger partial charge on any atom is -0.473 e. The molecule has 8 nitrogen and oxygen atoms in total. The lowest BCUT2D eigenvalue weighted by Crippen LogP contribution is -2.28. The van der Waals surface area contributed by atoms with E-state index in [0.29, 0.717) is 22.3 Å². The molecule has 0 saturated heterocycles. The second-order valence-electron chi connectivity index (χ2n) is 8.12. The quantitative estimate of drug-likeness (QED) is 0.199. The Morgan fingerprint density at radius 1 is 1.08 bits per heavy atom. The van der Waals surface area contributed by atoms with Gasteiger partial charge in [-0.2, -0.15) is 23.4 Å². The van der Waals surface area contributed by atoms with Gasteiger partial charge in [-0.25, -0.2) is 18.1 Å². The fourth-order valence-corrected chi connectivity index (χ4v) is 3.67. The molecule has 13 heteroatoms. The molecule has 194 valence electrons. The number of esters is 2. The van der Waals surface area contributed by atoms with Gasteiger partial charge >= 0.3 is 18.1 Å². The molecule has 3 aromatic heterocycles. The number of carbonyl (C=O) groups is 2. The van der Waals surface area contributed by atoms with Crippen LogP contribution < -0.4 is 4.74 Å². The number of alkyl halides is 3. The van der Waals surface area contributed by atoms with Crippen LogP contribution in [0, 0.1) is 25.5 Å². The molecule has 0 bridgehead atoms. The number of hydrogen-bond acceptors (Lipinski definition) is 6. The van der Waals surface area contributed by atoms with Crippen molar-refractivity contribution in [3.63, 3.8) is 0 Å². The summed E-state index contributed by atoms with van der Waals surface area (Å²) in [5.41, 5.74) is 2.98. The molecule has 0 aliphatic rings. The number of ether oxygens (including phenoxy) is 2. The Kier molecular flexibility index (Phi) is 6.96. The Balaban J connectivity index is 1.55. The number of fused-ring (bicyclic) bond motifs is 1. The van der Waals surface area contributed by atoms with Crippen LogP contribution in [-0.2, 0) is 27.5 Å². The highest BCUT2D eigenvalue weighted by Crippen LogP contribution is 2.32. The van der Waals surface area contributed by atoms with Crippen LogP contribution in [0.5, 0.6) is 5.88 Å². The highest BCUT2D eigenvalue weighted by molar-refractivity contribution is 5.88. The molecule has 0 amide bonds. The minimum atomic E-state index is -5.26. The third-order valence-electron chi connectivity index (χ3n) is 5.35. The summed E-state index contributed by atoms with van der Waals surface area (Å²) >= 11 is 0. The van der Waals surface area contributed by atoms with Gasteiger partial charge in [-0.15, -0.1) is 0 Å². The third kappa shape index (κ3) is 5.60. The van der Waals surface area contributed by atoms with Gasteiger partial charge in [-0.3, -0.25) is 9.48 Å². The zero-order valence-electron chi connectivity index (χ0n) is 19.5. The summed E-state index contributed by atoms with van der Waals surface area (Å²) in [5.74, 6) is -5.14. The van der Waals surface area contributed by atoms with Crippen LogP contribution in [0.3, 0.4) is 0 Å². The average molecular weight is 522 g/mol. The molecule has 0 spiro atoms. The van der Waals surface area contributed by atoms with Crippen LogP contribution in [0.2, 0.25) is 0 Å². The molecule has 3 heterocycles. The lowest BCUT2D eigenvalue weighted by atomic mass is 10.1. The van der Waals surface area contributed by atoms with Crippen molar-refractivity contribution in [2.75, 3.05) is 0 Å². The standard InChI is InChI=1S/C24H19F5N4O4/c1-13-8-19-22(15-10-30-32(11-15)7-6-21(34)37-23(35)24(27,28)29)14(2)31-33(19)20(9-13)36-12-16-17(25)4-3-5-18(16)26/h3-5,8-11H,6-7,12H2,1-2H3. The Morgan fingerprint density at radius 3 is 2.46 bits per heavy atom. The van der Waals surface area contributed by atoms with E-state index in [9.17, 15) is 31.5 Å². The van der Waals surface area contributed by atoms with Crippen LogP contribution in [0.25, 0.3) is 16.6 Å². The van der Waals surface area contributed by atoms with E-state index < -0.39 is 36.2 Å². The Labute approximate surface area is 206 Å². The maximum absolute atomic E-state index is 14.0. The molecule has 0 N–H and O–H groups in total. The average Bonchev–Trinajstić information content (AvgIpc) is 3.40. The summed E-state index contributed by atoms with van der Waals surface area (Å²) in [7, 11) is 0. The van der Waals surface area contributed by atoms with E-state index in [-0.39, 0.29) is 24.6 Å². The number of rotatable bonds is 7. The Morgan fingerprint density at radius 2 is 1.78 bits per heavy atom. The first kappa shape index (κ1) is 25.8. The zero-order chi connectivity index (χ0) is 26.9. The molecule has 4 aromatic rings. The van der Waals surface area contributed by atoms with Crippen molar-refractivity contribution in [3.05, 3.63) is 71.2 Å². The summed E-state index contributed by atoms with van der Waals surface area (Å²) in [6.07, 6.45) is -2.74. The third-order valence-corrected chi connectivity index (χ3v) is 5.35. The topological polar surface area (TPSA) is 87.7 Å². The van der Waals surface area contributed by atoms with Crippen LogP contribution in [0.15, 0.2) is 42.7 Å². The Hall–Kier alpha value is -4.29. The first-order valence-electron chi connectivity index (χ1n) is 10.8. The van der Waals surface area contributed by atoms with E-state index in [1.807, 2.05) is 6.07 Å². The summed E-state index contributed by atoms with van der Waals surface area (Å²) in [4.78, 5) is 22.3. The molecule has 0 aliphatic carbocycles. The van der Waals surface area contributed by atoms with Crippen molar-refractivity contribution in [2.45, 2.75) is 39.6 Å². The molecule has 0 unspecified atom stereocenters. The van der Waals surface area contributed by atoms with Crippen LogP contribution in [-0.4, -0.2) is 37.5 Å². The van der Waals surface area contributed by atoms with Crippen molar-refractivity contribution >= 4 is 17.5 Å². The summed E-state index contributed by atoms with van der Waals surface area (Å²) in [6.45, 7) is 3.04. The predicted molar refractivity (Wildman–Crippen MR) is 118 cm³/mol. The maximum atomic E-state index is 14.0. The van der Waals surface area contributed by atoms with E-state index in [1.54, 1.807) is 26.1 Å². The fourth-order valence-electron chi connectivity index (χ4n) is 3.67. The number of nitrogens with zero attached hydrogens (tertiary/aromatic N) is 4. The molecule has 0 fully saturated rings.